The van der Waals surface area contributed by atoms with Gasteiger partial charge in [-0.05, 0) is 30.2 Å². The van der Waals surface area contributed by atoms with Crippen molar-refractivity contribution in [3.63, 3.8) is 0 Å². The summed E-state index contributed by atoms with van der Waals surface area (Å²) in [7, 11) is 1.59. The third-order valence-electron chi connectivity index (χ3n) is 2.71. The van der Waals surface area contributed by atoms with Gasteiger partial charge in [0.1, 0.15) is 10.9 Å². The van der Waals surface area contributed by atoms with Gasteiger partial charge in [-0.3, -0.25) is 0 Å². The molecule has 0 N–H and O–H groups in total. The van der Waals surface area contributed by atoms with E-state index >= 15 is 0 Å². The predicted molar refractivity (Wildman–Crippen MR) is 78.1 cm³/mol. The van der Waals surface area contributed by atoms with Crippen LogP contribution in [0.25, 0.3) is 11.4 Å². The van der Waals surface area contributed by atoms with Crippen molar-refractivity contribution < 1.29 is 4.74 Å². The van der Waals surface area contributed by atoms with Gasteiger partial charge in [0, 0.05) is 10.7 Å². The first-order valence-electron chi connectivity index (χ1n) is 5.89. The molecule has 1 aromatic carbocycles. The van der Waals surface area contributed by atoms with Gasteiger partial charge in [-0.2, -0.15) is 0 Å². The van der Waals surface area contributed by atoms with Gasteiger partial charge in [-0.1, -0.05) is 37.0 Å². The third kappa shape index (κ3) is 3.17. The van der Waals surface area contributed by atoms with Crippen LogP contribution in [0.1, 0.15) is 25.5 Å². The van der Waals surface area contributed by atoms with Crippen LogP contribution in [-0.4, -0.2) is 17.1 Å². The van der Waals surface area contributed by atoms with Crippen molar-refractivity contribution in [1.82, 2.24) is 9.97 Å². The molecular weight excluding hydrogens is 283 g/mol. The Bertz CT molecular complexity index is 600. The maximum Gasteiger partial charge on any atom is 0.164 e. The first-order valence-corrected chi connectivity index (χ1v) is 6.65. The van der Waals surface area contributed by atoms with E-state index in [1.807, 2.05) is 6.07 Å². The normalized spacial score (nSPS) is 10.8. The van der Waals surface area contributed by atoms with Crippen molar-refractivity contribution in [1.29, 1.82) is 0 Å². The van der Waals surface area contributed by atoms with Gasteiger partial charge in [0.15, 0.2) is 5.82 Å². The van der Waals surface area contributed by atoms with Crippen LogP contribution in [0.5, 0.6) is 5.75 Å². The van der Waals surface area contributed by atoms with Gasteiger partial charge in [0.25, 0.3) is 0 Å². The first-order chi connectivity index (χ1) is 9.01. The van der Waals surface area contributed by atoms with Crippen LogP contribution >= 0.6 is 23.2 Å². The van der Waals surface area contributed by atoms with Crippen LogP contribution in [-0.2, 0) is 0 Å². The molecule has 0 saturated carbocycles. The minimum Gasteiger partial charge on any atom is -0.496 e. The minimum absolute atomic E-state index is 0.276. The van der Waals surface area contributed by atoms with E-state index in [1.54, 1.807) is 25.3 Å². The number of hydrogen-bond donors (Lipinski definition) is 0. The largest absolute Gasteiger partial charge is 0.496 e. The number of methoxy groups -OCH3 is 1. The van der Waals surface area contributed by atoms with Crippen molar-refractivity contribution in [2.45, 2.75) is 19.8 Å². The topological polar surface area (TPSA) is 35.0 Å². The Morgan fingerprint density at radius 2 is 1.84 bits per heavy atom. The second-order valence-electron chi connectivity index (χ2n) is 4.44. The lowest BCUT2D eigenvalue weighted by Gasteiger charge is -2.11. The molecule has 1 aromatic heterocycles. The molecule has 0 spiro atoms. The van der Waals surface area contributed by atoms with Gasteiger partial charge < -0.3 is 4.74 Å². The Kier molecular flexibility index (Phi) is 4.27. The highest BCUT2D eigenvalue weighted by molar-refractivity contribution is 6.31. The van der Waals surface area contributed by atoms with Crippen LogP contribution in [0.2, 0.25) is 10.2 Å². The monoisotopic (exact) mass is 296 g/mol. The summed E-state index contributed by atoms with van der Waals surface area (Å²) in [6.45, 7) is 4.11. The number of rotatable bonds is 3. The molecule has 0 bridgehead atoms. The lowest BCUT2D eigenvalue weighted by atomic mass is 10.1. The van der Waals surface area contributed by atoms with Crippen LogP contribution in [0.15, 0.2) is 24.3 Å². The predicted octanol–water partition coefficient (Wildman–Crippen LogP) is 4.58. The van der Waals surface area contributed by atoms with Gasteiger partial charge >= 0.3 is 0 Å². The summed E-state index contributed by atoms with van der Waals surface area (Å²) in [5.74, 6) is 1.45. The fraction of sp³-hybridized carbons (Fsp3) is 0.286. The Morgan fingerprint density at radius 3 is 2.47 bits per heavy atom. The van der Waals surface area contributed by atoms with E-state index in [4.69, 9.17) is 27.9 Å². The summed E-state index contributed by atoms with van der Waals surface area (Å²) in [6.07, 6.45) is 0. The average molecular weight is 297 g/mol. The molecule has 19 heavy (non-hydrogen) atoms. The SMILES string of the molecule is COc1cc(Cl)ccc1-c1nc(Cl)cc(C(C)C)n1. The van der Waals surface area contributed by atoms with Gasteiger partial charge in [0.2, 0.25) is 0 Å². The van der Waals surface area contributed by atoms with E-state index in [9.17, 15) is 0 Å². The number of benzene rings is 1. The van der Waals surface area contributed by atoms with E-state index < -0.39 is 0 Å². The first kappa shape index (κ1) is 14.1. The van der Waals surface area contributed by atoms with E-state index in [2.05, 4.69) is 23.8 Å². The highest BCUT2D eigenvalue weighted by Crippen LogP contribution is 2.31. The molecule has 0 aliphatic rings. The van der Waals surface area contributed by atoms with Crippen LogP contribution in [0.3, 0.4) is 0 Å². The van der Waals surface area contributed by atoms with E-state index in [1.165, 1.54) is 0 Å². The Morgan fingerprint density at radius 1 is 1.11 bits per heavy atom. The fourth-order valence-electron chi connectivity index (χ4n) is 1.70. The zero-order chi connectivity index (χ0) is 14.0. The van der Waals surface area contributed by atoms with Crippen LogP contribution in [0, 0.1) is 0 Å². The average Bonchev–Trinajstić information content (AvgIpc) is 2.37. The summed E-state index contributed by atoms with van der Waals surface area (Å²) in [5.41, 5.74) is 1.67. The highest BCUT2D eigenvalue weighted by atomic mass is 35.5. The van der Waals surface area contributed by atoms with Crippen LogP contribution in [0.4, 0.5) is 0 Å². The molecule has 2 rings (SSSR count). The van der Waals surface area contributed by atoms with Crippen molar-refractivity contribution in [3.05, 3.63) is 40.1 Å². The van der Waals surface area contributed by atoms with Gasteiger partial charge in [-0.15, -0.1) is 0 Å². The molecule has 0 aliphatic heterocycles. The standard InChI is InChI=1S/C14H14Cl2N2O/c1-8(2)11-7-13(16)18-14(17-11)10-5-4-9(15)6-12(10)19-3/h4-8H,1-3H3. The van der Waals surface area contributed by atoms with E-state index in [-0.39, 0.29) is 5.92 Å². The zero-order valence-corrected chi connectivity index (χ0v) is 12.5. The Labute approximate surface area is 122 Å². The number of nitrogens with zero attached hydrogens (tertiary/aromatic N) is 2. The number of hydrogen-bond acceptors (Lipinski definition) is 3. The number of ether oxygens (including phenoxy) is 1. The van der Waals surface area contributed by atoms with E-state index in [0.29, 0.717) is 21.7 Å². The molecule has 0 unspecified atom stereocenters. The lowest BCUT2D eigenvalue weighted by molar-refractivity contribution is 0.416. The van der Waals surface area contributed by atoms with E-state index in [0.717, 1.165) is 11.3 Å². The second kappa shape index (κ2) is 5.76. The number of halogens is 2. The molecule has 1 heterocycles. The molecule has 5 heteroatoms. The summed E-state index contributed by atoms with van der Waals surface area (Å²) in [5, 5.41) is 1.03. The van der Waals surface area contributed by atoms with Gasteiger partial charge in [0.05, 0.1) is 12.7 Å². The third-order valence-corrected chi connectivity index (χ3v) is 3.14. The summed E-state index contributed by atoms with van der Waals surface area (Å²) in [4.78, 5) is 8.78. The quantitative estimate of drug-likeness (QED) is 0.778. The zero-order valence-electron chi connectivity index (χ0n) is 10.9. The fourth-order valence-corrected chi connectivity index (χ4v) is 2.05. The molecule has 0 amide bonds. The van der Waals surface area contributed by atoms with Crippen molar-refractivity contribution in [2.24, 2.45) is 0 Å². The lowest BCUT2D eigenvalue weighted by Crippen LogP contribution is -1.99. The summed E-state index contributed by atoms with van der Waals surface area (Å²) in [6, 6.07) is 7.12. The molecular formula is C14H14Cl2N2O. The maximum atomic E-state index is 6.05. The molecule has 0 radical (unpaired) electrons. The molecule has 3 nitrogen and oxygen atoms in total. The van der Waals surface area contributed by atoms with Gasteiger partial charge in [-0.25, -0.2) is 9.97 Å². The Hall–Kier alpha value is -1.32. The molecule has 2 aromatic rings. The molecule has 0 fully saturated rings. The Balaban J connectivity index is 2.58. The molecule has 0 aliphatic carbocycles. The van der Waals surface area contributed by atoms with Crippen molar-refractivity contribution in [3.8, 4) is 17.1 Å². The minimum atomic E-state index is 0.276. The number of aromatic nitrogens is 2. The van der Waals surface area contributed by atoms with Crippen molar-refractivity contribution in [2.75, 3.05) is 7.11 Å². The highest BCUT2D eigenvalue weighted by Gasteiger charge is 2.13. The molecule has 0 saturated heterocycles. The second-order valence-corrected chi connectivity index (χ2v) is 5.26. The smallest absolute Gasteiger partial charge is 0.164 e. The molecule has 100 valence electrons. The maximum absolute atomic E-state index is 6.05. The summed E-state index contributed by atoms with van der Waals surface area (Å²) >= 11 is 12.0. The van der Waals surface area contributed by atoms with Crippen LogP contribution < -0.4 is 4.74 Å². The summed E-state index contributed by atoms with van der Waals surface area (Å²) < 4.78 is 5.31. The molecule has 0 atom stereocenters. The van der Waals surface area contributed by atoms with Crippen molar-refractivity contribution >= 4 is 23.2 Å².